The molecule has 5 nitrogen and oxygen atoms in total. The van der Waals surface area contributed by atoms with Crippen molar-refractivity contribution >= 4 is 5.91 Å². The minimum absolute atomic E-state index is 0.00957. The largest absolute Gasteiger partial charge is 0.340 e. The van der Waals surface area contributed by atoms with E-state index >= 15 is 0 Å². The van der Waals surface area contributed by atoms with E-state index < -0.39 is 0 Å². The first-order chi connectivity index (χ1) is 10.8. The van der Waals surface area contributed by atoms with E-state index in [1.807, 2.05) is 25.2 Å². The maximum atomic E-state index is 12.6. The van der Waals surface area contributed by atoms with Crippen LogP contribution in [0.5, 0.6) is 0 Å². The molecule has 2 aromatic rings. The van der Waals surface area contributed by atoms with Crippen LogP contribution >= 0.6 is 0 Å². The van der Waals surface area contributed by atoms with Crippen LogP contribution in [0.4, 0.5) is 0 Å². The van der Waals surface area contributed by atoms with Gasteiger partial charge in [0.15, 0.2) is 5.69 Å². The molecule has 5 heteroatoms. The Balaban J connectivity index is 1.67. The summed E-state index contributed by atoms with van der Waals surface area (Å²) in [5, 5.41) is 7.35. The Morgan fingerprint density at radius 1 is 1.27 bits per heavy atom. The number of likely N-dealkylation sites (N-methyl/N-ethyl adjacent to an activating group) is 1. The van der Waals surface area contributed by atoms with Gasteiger partial charge in [-0.2, -0.15) is 5.10 Å². The number of carbonyl (C=O) groups is 1. The van der Waals surface area contributed by atoms with Gasteiger partial charge in [-0.3, -0.25) is 14.9 Å². The summed E-state index contributed by atoms with van der Waals surface area (Å²) in [6.07, 6.45) is 8.06. The van der Waals surface area contributed by atoms with Crippen molar-refractivity contribution in [3.63, 3.8) is 0 Å². The van der Waals surface area contributed by atoms with Crippen molar-refractivity contribution < 1.29 is 4.79 Å². The second kappa shape index (κ2) is 6.73. The van der Waals surface area contributed by atoms with Crippen LogP contribution in [0.1, 0.15) is 46.7 Å². The average Bonchev–Trinajstić information content (AvgIpc) is 2.81. The van der Waals surface area contributed by atoms with Gasteiger partial charge in [0, 0.05) is 43.2 Å². The van der Waals surface area contributed by atoms with Crippen molar-refractivity contribution in [3.8, 4) is 0 Å². The van der Waals surface area contributed by atoms with Gasteiger partial charge in [0.2, 0.25) is 0 Å². The molecule has 0 aromatic carbocycles. The molecule has 0 saturated carbocycles. The molecule has 116 valence electrons. The van der Waals surface area contributed by atoms with Crippen LogP contribution in [-0.2, 0) is 19.3 Å². The summed E-state index contributed by atoms with van der Waals surface area (Å²) >= 11 is 0. The van der Waals surface area contributed by atoms with Gasteiger partial charge in [0.25, 0.3) is 5.91 Å². The summed E-state index contributed by atoms with van der Waals surface area (Å²) in [7, 11) is 1.84. The van der Waals surface area contributed by atoms with Gasteiger partial charge < -0.3 is 4.90 Å². The lowest BCUT2D eigenvalue weighted by molar-refractivity contribution is 0.0789. The Hall–Kier alpha value is -2.17. The summed E-state index contributed by atoms with van der Waals surface area (Å²) in [5.41, 5.74) is 3.90. The van der Waals surface area contributed by atoms with Crippen LogP contribution in [0.25, 0.3) is 0 Å². The number of carbonyl (C=O) groups excluding carboxylic acids is 1. The van der Waals surface area contributed by atoms with Crippen LogP contribution in [0.3, 0.4) is 0 Å². The van der Waals surface area contributed by atoms with Crippen LogP contribution in [0, 0.1) is 0 Å². The number of hydrogen-bond donors (Lipinski definition) is 1. The second-order valence-corrected chi connectivity index (χ2v) is 5.89. The van der Waals surface area contributed by atoms with Gasteiger partial charge >= 0.3 is 0 Å². The molecule has 0 aliphatic heterocycles. The van der Waals surface area contributed by atoms with Gasteiger partial charge in [-0.25, -0.2) is 0 Å². The van der Waals surface area contributed by atoms with Gasteiger partial charge in [-0.05, 0) is 37.8 Å². The highest BCUT2D eigenvalue weighted by atomic mass is 16.2. The minimum Gasteiger partial charge on any atom is -0.340 e. The molecule has 1 amide bonds. The van der Waals surface area contributed by atoms with Crippen molar-refractivity contribution in [1.29, 1.82) is 0 Å². The van der Waals surface area contributed by atoms with Crippen molar-refractivity contribution in [2.24, 2.45) is 0 Å². The van der Waals surface area contributed by atoms with Crippen LogP contribution in [0.15, 0.2) is 24.4 Å². The number of aromatic nitrogens is 3. The van der Waals surface area contributed by atoms with Gasteiger partial charge in [-0.15, -0.1) is 0 Å². The molecule has 0 saturated heterocycles. The SMILES string of the molecule is CN(CCc1ccccn1)C(=O)c1n[nH]c2c1CCCCC2. The van der Waals surface area contributed by atoms with E-state index in [2.05, 4.69) is 15.2 Å². The number of nitrogens with zero attached hydrogens (tertiary/aromatic N) is 3. The Kier molecular flexibility index (Phi) is 4.51. The van der Waals surface area contributed by atoms with Crippen LogP contribution < -0.4 is 0 Å². The quantitative estimate of drug-likeness (QED) is 0.882. The number of H-pyrrole nitrogens is 1. The van der Waals surface area contributed by atoms with Gasteiger partial charge in [0.1, 0.15) is 0 Å². The smallest absolute Gasteiger partial charge is 0.274 e. The normalized spacial score (nSPS) is 14.2. The maximum absolute atomic E-state index is 12.6. The summed E-state index contributed by atoms with van der Waals surface area (Å²) in [6, 6.07) is 5.86. The lowest BCUT2D eigenvalue weighted by Crippen LogP contribution is -2.30. The van der Waals surface area contributed by atoms with Crippen molar-refractivity contribution in [2.75, 3.05) is 13.6 Å². The number of rotatable bonds is 4. The van der Waals surface area contributed by atoms with Crippen LogP contribution in [0.2, 0.25) is 0 Å². The number of hydrogen-bond acceptors (Lipinski definition) is 3. The van der Waals surface area contributed by atoms with E-state index in [-0.39, 0.29) is 5.91 Å². The molecule has 2 aromatic heterocycles. The fourth-order valence-electron chi connectivity index (χ4n) is 2.95. The predicted octanol–water partition coefficient (Wildman–Crippen LogP) is 2.39. The monoisotopic (exact) mass is 298 g/mol. The Morgan fingerprint density at radius 2 is 2.14 bits per heavy atom. The third-order valence-electron chi connectivity index (χ3n) is 4.29. The lowest BCUT2D eigenvalue weighted by Gasteiger charge is -2.16. The topological polar surface area (TPSA) is 61.9 Å². The molecule has 1 aliphatic carbocycles. The summed E-state index contributed by atoms with van der Waals surface area (Å²) in [6.45, 7) is 0.650. The molecular formula is C17H22N4O. The fraction of sp³-hybridized carbons (Fsp3) is 0.471. The van der Waals surface area contributed by atoms with E-state index in [1.54, 1.807) is 11.1 Å². The molecule has 0 spiro atoms. The standard InChI is InChI=1S/C17H22N4O/c1-21(12-10-13-7-5-6-11-18-13)17(22)16-14-8-3-2-4-9-15(14)19-20-16/h5-7,11H,2-4,8-10,12H2,1H3,(H,19,20). The number of aryl methyl sites for hydroxylation is 1. The molecule has 0 radical (unpaired) electrons. The molecule has 0 atom stereocenters. The first kappa shape index (κ1) is 14.8. The Morgan fingerprint density at radius 3 is 2.95 bits per heavy atom. The predicted molar refractivity (Wildman–Crippen MR) is 84.7 cm³/mol. The molecule has 0 fully saturated rings. The molecule has 0 bridgehead atoms. The Bertz CT molecular complexity index is 635. The molecule has 1 N–H and O–H groups in total. The Labute approximate surface area is 130 Å². The summed E-state index contributed by atoms with van der Waals surface area (Å²) in [5.74, 6) is 0.00957. The third kappa shape index (κ3) is 3.18. The summed E-state index contributed by atoms with van der Waals surface area (Å²) < 4.78 is 0. The zero-order valence-electron chi connectivity index (χ0n) is 13.0. The fourth-order valence-corrected chi connectivity index (χ4v) is 2.95. The van der Waals surface area contributed by atoms with E-state index in [0.29, 0.717) is 12.2 Å². The first-order valence-electron chi connectivity index (χ1n) is 7.97. The third-order valence-corrected chi connectivity index (χ3v) is 4.29. The minimum atomic E-state index is 0.00957. The number of nitrogens with one attached hydrogen (secondary N) is 1. The number of amides is 1. The highest BCUT2D eigenvalue weighted by Gasteiger charge is 2.23. The number of fused-ring (bicyclic) bond motifs is 1. The zero-order valence-corrected chi connectivity index (χ0v) is 13.0. The van der Waals surface area contributed by atoms with Crippen LogP contribution in [-0.4, -0.2) is 39.6 Å². The number of aromatic amines is 1. The zero-order chi connectivity index (χ0) is 15.4. The van der Waals surface area contributed by atoms with E-state index in [4.69, 9.17) is 0 Å². The maximum Gasteiger partial charge on any atom is 0.274 e. The molecule has 3 rings (SSSR count). The highest BCUT2D eigenvalue weighted by Crippen LogP contribution is 2.22. The van der Waals surface area contributed by atoms with E-state index in [0.717, 1.165) is 42.6 Å². The lowest BCUT2D eigenvalue weighted by atomic mass is 10.1. The summed E-state index contributed by atoms with van der Waals surface area (Å²) in [4.78, 5) is 18.7. The molecule has 0 unspecified atom stereocenters. The molecule has 1 aliphatic rings. The first-order valence-corrected chi connectivity index (χ1v) is 7.97. The molecule has 22 heavy (non-hydrogen) atoms. The molecular weight excluding hydrogens is 276 g/mol. The van der Waals surface area contributed by atoms with Crippen molar-refractivity contribution in [2.45, 2.75) is 38.5 Å². The number of pyridine rings is 1. The van der Waals surface area contributed by atoms with Crippen molar-refractivity contribution in [1.82, 2.24) is 20.1 Å². The van der Waals surface area contributed by atoms with Gasteiger partial charge in [-0.1, -0.05) is 12.5 Å². The second-order valence-electron chi connectivity index (χ2n) is 5.89. The highest BCUT2D eigenvalue weighted by molar-refractivity contribution is 5.93. The van der Waals surface area contributed by atoms with Crippen molar-refractivity contribution in [3.05, 3.63) is 47.0 Å². The molecule has 2 heterocycles. The average molecular weight is 298 g/mol. The van der Waals surface area contributed by atoms with E-state index in [1.165, 1.54) is 12.8 Å². The van der Waals surface area contributed by atoms with E-state index in [9.17, 15) is 4.79 Å². The van der Waals surface area contributed by atoms with Gasteiger partial charge in [0.05, 0.1) is 0 Å².